The fourth-order valence-corrected chi connectivity index (χ4v) is 5.39. The van der Waals surface area contributed by atoms with E-state index in [0.717, 1.165) is 24.1 Å². The molecule has 0 heterocycles. The maximum atomic E-state index is 11.6. The third-order valence-corrected chi connectivity index (χ3v) is 7.03. The van der Waals surface area contributed by atoms with Crippen LogP contribution >= 0.6 is 23.5 Å². The lowest BCUT2D eigenvalue weighted by Crippen LogP contribution is -2.24. The van der Waals surface area contributed by atoms with Crippen molar-refractivity contribution < 1.29 is 9.53 Å². The Morgan fingerprint density at radius 2 is 1.41 bits per heavy atom. The van der Waals surface area contributed by atoms with Gasteiger partial charge in [0.25, 0.3) is 0 Å². The summed E-state index contributed by atoms with van der Waals surface area (Å²) in [6.45, 7) is 1.31. The molecule has 0 saturated carbocycles. The van der Waals surface area contributed by atoms with Gasteiger partial charge in [0.1, 0.15) is 5.75 Å². The fraction of sp³-hybridized carbons (Fsp3) is 0.208. The number of thioether (sulfide) groups is 2. The van der Waals surface area contributed by atoms with Crippen LogP contribution in [0.5, 0.6) is 5.75 Å². The first-order valence-electron chi connectivity index (χ1n) is 9.52. The second kappa shape index (κ2) is 11.6. The summed E-state index contributed by atoms with van der Waals surface area (Å²) < 4.78 is 5.52. The highest BCUT2D eigenvalue weighted by Crippen LogP contribution is 2.37. The molecule has 3 nitrogen and oxygen atoms in total. The molecule has 0 bridgehead atoms. The SMILES string of the molecule is COc1ccc(CN(C=O)CCC(Sc2ccccc2)Sc2ccccc2)cc1. The summed E-state index contributed by atoms with van der Waals surface area (Å²) in [6, 6.07) is 28.7. The Morgan fingerprint density at radius 3 is 1.90 bits per heavy atom. The van der Waals surface area contributed by atoms with Gasteiger partial charge in [0, 0.05) is 22.9 Å². The van der Waals surface area contributed by atoms with E-state index in [1.807, 2.05) is 64.8 Å². The average Bonchev–Trinajstić information content (AvgIpc) is 2.78. The highest BCUT2D eigenvalue weighted by atomic mass is 32.2. The van der Waals surface area contributed by atoms with Crippen LogP contribution in [-0.4, -0.2) is 29.5 Å². The fourth-order valence-electron chi connectivity index (χ4n) is 2.85. The zero-order chi connectivity index (χ0) is 20.3. The van der Waals surface area contributed by atoms with Crippen LogP contribution in [0.4, 0.5) is 0 Å². The van der Waals surface area contributed by atoms with Gasteiger partial charge in [-0.1, -0.05) is 48.5 Å². The molecule has 0 aromatic heterocycles. The van der Waals surface area contributed by atoms with Crippen molar-refractivity contribution in [2.45, 2.75) is 27.3 Å². The van der Waals surface area contributed by atoms with Crippen LogP contribution in [-0.2, 0) is 11.3 Å². The van der Waals surface area contributed by atoms with E-state index in [4.69, 9.17) is 4.74 Å². The summed E-state index contributed by atoms with van der Waals surface area (Å²) in [7, 11) is 1.65. The molecule has 3 rings (SSSR count). The van der Waals surface area contributed by atoms with Gasteiger partial charge in [-0.05, 0) is 48.4 Å². The Hall–Kier alpha value is -2.37. The van der Waals surface area contributed by atoms with Gasteiger partial charge in [-0.25, -0.2) is 0 Å². The average molecular weight is 424 g/mol. The Kier molecular flexibility index (Phi) is 8.53. The minimum Gasteiger partial charge on any atom is -0.497 e. The lowest BCUT2D eigenvalue weighted by atomic mass is 10.2. The normalized spacial score (nSPS) is 10.7. The van der Waals surface area contributed by atoms with Crippen molar-refractivity contribution in [3.8, 4) is 5.75 Å². The summed E-state index contributed by atoms with van der Waals surface area (Å²) in [6.07, 6.45) is 1.84. The quantitative estimate of drug-likeness (QED) is 0.216. The van der Waals surface area contributed by atoms with Gasteiger partial charge in [0.05, 0.1) is 11.7 Å². The van der Waals surface area contributed by atoms with E-state index in [1.54, 1.807) is 7.11 Å². The summed E-state index contributed by atoms with van der Waals surface area (Å²) in [5, 5.41) is 0. The topological polar surface area (TPSA) is 29.5 Å². The molecule has 0 aliphatic carbocycles. The lowest BCUT2D eigenvalue weighted by molar-refractivity contribution is -0.118. The summed E-state index contributed by atoms with van der Waals surface area (Å²) in [4.78, 5) is 16.0. The summed E-state index contributed by atoms with van der Waals surface area (Å²) in [5.41, 5.74) is 1.10. The first-order chi connectivity index (χ1) is 14.3. The molecule has 0 saturated heterocycles. The standard InChI is InChI=1S/C24H25NO2S2/c1-27-21-14-12-20(13-15-21)18-25(19-26)17-16-24(28-22-8-4-2-5-9-22)29-23-10-6-3-7-11-23/h2-15,19,24H,16-18H2,1H3. The van der Waals surface area contributed by atoms with E-state index in [2.05, 4.69) is 48.5 Å². The van der Waals surface area contributed by atoms with E-state index in [0.29, 0.717) is 17.7 Å². The van der Waals surface area contributed by atoms with Crippen LogP contribution in [0.3, 0.4) is 0 Å². The first kappa shape index (κ1) is 21.3. The molecule has 0 aliphatic heterocycles. The zero-order valence-electron chi connectivity index (χ0n) is 16.4. The Balaban J connectivity index is 1.62. The van der Waals surface area contributed by atoms with E-state index in [9.17, 15) is 4.79 Å². The van der Waals surface area contributed by atoms with Crippen molar-refractivity contribution in [1.29, 1.82) is 0 Å². The molecule has 0 N–H and O–H groups in total. The van der Waals surface area contributed by atoms with Gasteiger partial charge in [-0.15, -0.1) is 23.5 Å². The van der Waals surface area contributed by atoms with Gasteiger partial charge in [0.2, 0.25) is 6.41 Å². The third kappa shape index (κ3) is 7.18. The highest BCUT2D eigenvalue weighted by Gasteiger charge is 2.15. The second-order valence-corrected chi connectivity index (χ2v) is 9.35. The predicted octanol–water partition coefficient (Wildman–Crippen LogP) is 5.95. The molecule has 29 heavy (non-hydrogen) atoms. The molecular formula is C24H25NO2S2. The largest absolute Gasteiger partial charge is 0.497 e. The molecule has 3 aromatic rings. The van der Waals surface area contributed by atoms with E-state index in [1.165, 1.54) is 9.79 Å². The number of nitrogens with zero attached hydrogens (tertiary/aromatic N) is 1. The number of carbonyl (C=O) groups is 1. The zero-order valence-corrected chi connectivity index (χ0v) is 18.1. The molecule has 1 amide bonds. The van der Waals surface area contributed by atoms with Gasteiger partial charge in [-0.3, -0.25) is 4.79 Å². The van der Waals surface area contributed by atoms with E-state index < -0.39 is 0 Å². The Bertz CT molecular complexity index is 816. The van der Waals surface area contributed by atoms with Gasteiger partial charge in [0.15, 0.2) is 0 Å². The molecule has 5 heteroatoms. The van der Waals surface area contributed by atoms with Gasteiger partial charge < -0.3 is 9.64 Å². The smallest absolute Gasteiger partial charge is 0.210 e. The highest BCUT2D eigenvalue weighted by molar-refractivity contribution is 8.17. The minimum absolute atomic E-state index is 0.318. The minimum atomic E-state index is 0.318. The molecule has 0 unspecified atom stereocenters. The van der Waals surface area contributed by atoms with Crippen LogP contribution in [0.15, 0.2) is 94.7 Å². The molecule has 0 radical (unpaired) electrons. The predicted molar refractivity (Wildman–Crippen MR) is 122 cm³/mol. The maximum Gasteiger partial charge on any atom is 0.210 e. The van der Waals surface area contributed by atoms with Gasteiger partial charge >= 0.3 is 0 Å². The number of benzene rings is 3. The van der Waals surface area contributed by atoms with Crippen molar-refractivity contribution in [2.24, 2.45) is 0 Å². The summed E-state index contributed by atoms with van der Waals surface area (Å²) >= 11 is 3.70. The third-order valence-electron chi connectivity index (χ3n) is 4.37. The first-order valence-corrected chi connectivity index (χ1v) is 11.3. The number of rotatable bonds is 11. The van der Waals surface area contributed by atoms with Crippen LogP contribution in [0.2, 0.25) is 0 Å². The summed E-state index contributed by atoms with van der Waals surface area (Å²) in [5.74, 6) is 0.824. The number of hydrogen-bond donors (Lipinski definition) is 0. The molecule has 0 spiro atoms. The number of hydrogen-bond acceptors (Lipinski definition) is 4. The van der Waals surface area contributed by atoms with Crippen molar-refractivity contribution in [3.05, 3.63) is 90.5 Å². The Morgan fingerprint density at radius 1 is 0.862 bits per heavy atom. The number of carbonyl (C=O) groups excluding carboxylic acids is 1. The molecule has 0 atom stereocenters. The monoisotopic (exact) mass is 423 g/mol. The molecular weight excluding hydrogens is 398 g/mol. The number of amides is 1. The van der Waals surface area contributed by atoms with Crippen LogP contribution in [0.1, 0.15) is 12.0 Å². The number of methoxy groups -OCH3 is 1. The van der Waals surface area contributed by atoms with Crippen LogP contribution in [0.25, 0.3) is 0 Å². The van der Waals surface area contributed by atoms with Gasteiger partial charge in [-0.2, -0.15) is 0 Å². The Labute approximate surface area is 181 Å². The van der Waals surface area contributed by atoms with Crippen LogP contribution < -0.4 is 4.74 Å². The maximum absolute atomic E-state index is 11.6. The molecule has 0 aliphatic rings. The van der Waals surface area contributed by atoms with Crippen molar-refractivity contribution >= 4 is 29.9 Å². The van der Waals surface area contributed by atoms with Crippen LogP contribution in [0, 0.1) is 0 Å². The second-order valence-electron chi connectivity index (χ2n) is 6.50. The van der Waals surface area contributed by atoms with Crippen molar-refractivity contribution in [2.75, 3.05) is 13.7 Å². The van der Waals surface area contributed by atoms with E-state index >= 15 is 0 Å². The molecule has 0 fully saturated rings. The molecule has 3 aromatic carbocycles. The number of ether oxygens (including phenoxy) is 1. The molecule has 150 valence electrons. The van der Waals surface area contributed by atoms with Crippen molar-refractivity contribution in [3.63, 3.8) is 0 Å². The van der Waals surface area contributed by atoms with E-state index in [-0.39, 0.29) is 0 Å². The lowest BCUT2D eigenvalue weighted by Gasteiger charge is -2.22. The van der Waals surface area contributed by atoms with Crippen molar-refractivity contribution in [1.82, 2.24) is 4.90 Å².